The number of nitrogens with one attached hydrogen (secondary N) is 1. The summed E-state index contributed by atoms with van der Waals surface area (Å²) in [6.07, 6.45) is 6.43. The zero-order chi connectivity index (χ0) is 41.6. The van der Waals surface area contributed by atoms with Crippen molar-refractivity contribution in [3.8, 4) is 23.3 Å². The van der Waals surface area contributed by atoms with Crippen LogP contribution < -0.4 is 30.0 Å². The van der Waals surface area contributed by atoms with Crippen LogP contribution in [0.15, 0.2) is 51.4 Å². The first-order valence-electron chi connectivity index (χ1n) is 18.8. The molecule has 0 bridgehead atoms. The van der Waals surface area contributed by atoms with Crippen molar-refractivity contribution in [1.82, 2.24) is 9.30 Å². The molecule has 2 unspecified atom stereocenters. The highest BCUT2D eigenvalue weighted by Gasteiger charge is 2.43. The van der Waals surface area contributed by atoms with Crippen LogP contribution in [0, 0.1) is 0 Å². The van der Waals surface area contributed by atoms with Crippen LogP contribution in [0.1, 0.15) is 114 Å². The number of nitrogens with zero attached hydrogens (tertiary/aromatic N) is 4. The smallest absolute Gasteiger partial charge is 0.333 e. The molecule has 16 nitrogen and oxygen atoms in total. The number of fused-ring (bicyclic) bond motifs is 4. The third kappa shape index (κ3) is 7.39. The van der Waals surface area contributed by atoms with Gasteiger partial charge in [0.05, 0.1) is 35.7 Å². The average Bonchev–Trinajstić information content (AvgIpc) is 3.59. The third-order valence-electron chi connectivity index (χ3n) is 10.9. The van der Waals surface area contributed by atoms with Gasteiger partial charge in [0.1, 0.15) is 12.4 Å². The van der Waals surface area contributed by atoms with E-state index in [0.717, 1.165) is 0 Å². The number of ether oxygens (including phenoxy) is 1. The predicted molar refractivity (Wildman–Crippen MR) is 206 cm³/mol. The number of hydrogen-bond donors (Lipinski definition) is 5. The van der Waals surface area contributed by atoms with Crippen molar-refractivity contribution in [3.63, 3.8) is 0 Å². The molecule has 2 aromatic carbocycles. The van der Waals surface area contributed by atoms with E-state index in [1.54, 1.807) is 7.05 Å². The summed E-state index contributed by atoms with van der Waals surface area (Å²) in [4.78, 5) is 21.1. The summed E-state index contributed by atoms with van der Waals surface area (Å²) >= 11 is 0. The van der Waals surface area contributed by atoms with E-state index in [1.165, 1.54) is 12.1 Å². The van der Waals surface area contributed by atoms with Gasteiger partial charge in [-0.15, -0.1) is 4.73 Å². The van der Waals surface area contributed by atoms with Crippen molar-refractivity contribution < 1.29 is 55.1 Å². The summed E-state index contributed by atoms with van der Waals surface area (Å²) in [6.45, 7) is 11.9. The average molecular weight is 827 g/mol. The number of imidazole rings is 1. The van der Waals surface area contributed by atoms with Gasteiger partial charge in [-0.25, -0.2) is 13.9 Å². The molecule has 0 spiro atoms. The fourth-order valence-corrected chi connectivity index (χ4v) is 10.3. The molecule has 306 valence electrons. The molecular weight excluding hydrogens is 779 g/mol. The Morgan fingerprint density at radius 3 is 2.25 bits per heavy atom. The van der Waals surface area contributed by atoms with Crippen molar-refractivity contribution in [3.05, 3.63) is 69.7 Å². The largest absolute Gasteiger partial charge is 0.492 e. The molecule has 0 saturated carbocycles. The Balaban J connectivity index is 1.42. The van der Waals surface area contributed by atoms with Crippen LogP contribution in [0.3, 0.4) is 0 Å². The van der Waals surface area contributed by atoms with Gasteiger partial charge in [0.2, 0.25) is 11.8 Å². The van der Waals surface area contributed by atoms with Crippen LogP contribution in [-0.4, -0.2) is 62.5 Å². The standard InChI is InChI=1S/C39H47N5O11S2/c1-21-19-38(3,4)40-31-23(21)17-25-30(37-42(7)15-16-43(37)14-10-8-9-11-29(47)55-44-27(45)12-13-28(44)46)26-18-24-22(2)20-39(5,6)41-32(24)36(57(51,52)53)34(26)54-33(25)35(31)56(48,49)50/h12-13,15-18,21-22,40-41H,8-11,14,19-20H2,1-7H3,(H2,48,49,50,51,52,53)/p+1. The first-order valence-corrected chi connectivity index (χ1v) is 21.6. The normalized spacial score (nSPS) is 19.3. The van der Waals surface area contributed by atoms with Crippen LogP contribution >= 0.6 is 0 Å². The van der Waals surface area contributed by atoms with Crippen molar-refractivity contribution in [1.29, 1.82) is 0 Å². The Labute approximate surface area is 330 Å². The molecule has 57 heavy (non-hydrogen) atoms. The minimum absolute atomic E-state index is 0.00888. The molecule has 5 heterocycles. The van der Waals surface area contributed by atoms with Gasteiger partial charge in [0.15, 0.2) is 21.3 Å². The molecular formula is C39H48N5O11S2+. The first kappa shape index (κ1) is 40.3. The number of aromatic hydroxyl groups is 2. The van der Waals surface area contributed by atoms with E-state index < -0.39 is 58.8 Å². The number of benzene rings is 2. The number of aromatic nitrogens is 3. The summed E-state index contributed by atoms with van der Waals surface area (Å²) in [7, 11) is -8.29. The SMILES string of the molecule is CC1CC(C)(C)Nc2c1cc1c(c2S(=O)(=O)O)Oc2c(S(=O)(=O)O)c3c(cc2=C1c1n(CCCCCC(=O)On2c(O)ccc2O)cc[n+]1C)C(C)CC(C)(C)N=3. The number of anilines is 1. The van der Waals surface area contributed by atoms with Crippen LogP contribution in [0.2, 0.25) is 0 Å². The summed E-state index contributed by atoms with van der Waals surface area (Å²) in [5.41, 5.74) is 0.785. The second kappa shape index (κ2) is 13.9. The highest BCUT2D eigenvalue weighted by atomic mass is 32.2. The minimum Gasteiger partial charge on any atom is -0.492 e. The summed E-state index contributed by atoms with van der Waals surface area (Å²) < 4.78 is 86.8. The molecule has 0 aliphatic carbocycles. The topological polar surface area (TPSA) is 223 Å². The van der Waals surface area contributed by atoms with Crippen molar-refractivity contribution in [2.75, 3.05) is 5.32 Å². The zero-order valence-corrected chi connectivity index (χ0v) is 34.5. The van der Waals surface area contributed by atoms with E-state index >= 15 is 0 Å². The van der Waals surface area contributed by atoms with Gasteiger partial charge in [-0.1, -0.05) is 13.8 Å². The maximum absolute atomic E-state index is 13.5. The number of carbonyl (C=O) groups is 1. The van der Waals surface area contributed by atoms with Crippen LogP contribution in [0.4, 0.5) is 5.69 Å². The quantitative estimate of drug-likeness (QED) is 0.0760. The fraction of sp³-hybridized carbons (Fsp3) is 0.462. The Kier molecular flexibility index (Phi) is 9.81. The molecule has 0 saturated heterocycles. The number of carbonyl (C=O) groups excluding carboxylic acids is 1. The lowest BCUT2D eigenvalue weighted by Crippen LogP contribution is -2.40. The van der Waals surface area contributed by atoms with E-state index in [1.807, 2.05) is 75.2 Å². The third-order valence-corrected chi connectivity index (χ3v) is 12.7. The van der Waals surface area contributed by atoms with Gasteiger partial charge in [0, 0.05) is 34.9 Å². The maximum atomic E-state index is 13.5. The Morgan fingerprint density at radius 1 is 0.947 bits per heavy atom. The molecule has 0 radical (unpaired) electrons. The minimum atomic E-state index is -5.06. The van der Waals surface area contributed by atoms with Crippen molar-refractivity contribution in [2.45, 2.75) is 119 Å². The Morgan fingerprint density at radius 2 is 1.60 bits per heavy atom. The molecule has 3 aliphatic heterocycles. The molecule has 3 aliphatic rings. The highest BCUT2D eigenvalue weighted by Crippen LogP contribution is 2.51. The fourth-order valence-electron chi connectivity index (χ4n) is 8.73. The van der Waals surface area contributed by atoms with Crippen molar-refractivity contribution in [2.24, 2.45) is 12.0 Å². The number of aryl methyl sites for hydroxylation is 2. The summed E-state index contributed by atoms with van der Waals surface area (Å²) in [5.74, 6) is -1.90. The Hall–Kier alpha value is -4.91. The highest BCUT2D eigenvalue weighted by molar-refractivity contribution is 7.86. The molecule has 7 rings (SSSR count). The lowest BCUT2D eigenvalue weighted by atomic mass is 9.80. The van der Waals surface area contributed by atoms with Gasteiger partial charge in [-0.3, -0.25) is 14.1 Å². The summed E-state index contributed by atoms with van der Waals surface area (Å²) in [5, 5.41) is 23.2. The van der Waals surface area contributed by atoms with E-state index in [-0.39, 0.29) is 40.8 Å². The lowest BCUT2D eigenvalue weighted by Gasteiger charge is -2.39. The molecule has 2 atom stereocenters. The van der Waals surface area contributed by atoms with Gasteiger partial charge >= 0.3 is 5.97 Å². The van der Waals surface area contributed by atoms with Gasteiger partial charge in [-0.2, -0.15) is 16.8 Å². The van der Waals surface area contributed by atoms with Gasteiger partial charge < -0.3 is 25.1 Å². The monoisotopic (exact) mass is 826 g/mol. The number of rotatable bonds is 10. The first-order chi connectivity index (χ1) is 26.5. The molecule has 0 amide bonds. The van der Waals surface area contributed by atoms with Crippen molar-refractivity contribution >= 4 is 37.5 Å². The number of hydrogen-bond acceptors (Lipinski definition) is 11. The predicted octanol–water partition coefficient (Wildman–Crippen LogP) is 4.19. The molecule has 5 N–H and O–H groups in total. The number of unbranched alkanes of at least 4 members (excludes halogenated alkanes) is 2. The van der Waals surface area contributed by atoms with Gasteiger partial charge in [0.25, 0.3) is 26.1 Å². The molecule has 2 aromatic heterocycles. The second-order valence-electron chi connectivity index (χ2n) is 16.7. The van der Waals surface area contributed by atoms with E-state index in [9.17, 15) is 40.9 Å². The van der Waals surface area contributed by atoms with E-state index in [2.05, 4.69) is 5.32 Å². The second-order valence-corrected chi connectivity index (χ2v) is 19.4. The zero-order valence-electron chi connectivity index (χ0n) is 32.8. The molecule has 4 aromatic rings. The van der Waals surface area contributed by atoms with Crippen LogP contribution in [0.5, 0.6) is 23.3 Å². The maximum Gasteiger partial charge on any atom is 0.333 e. The lowest BCUT2D eigenvalue weighted by molar-refractivity contribution is -0.673. The summed E-state index contributed by atoms with van der Waals surface area (Å²) in [6, 6.07) is 6.02. The van der Waals surface area contributed by atoms with Crippen LogP contribution in [0.25, 0.3) is 5.57 Å². The van der Waals surface area contributed by atoms with Gasteiger partial charge in [-0.05, 0) is 94.9 Å². The Bertz CT molecular complexity index is 2680. The molecule has 0 fully saturated rings. The van der Waals surface area contributed by atoms with E-state index in [4.69, 9.17) is 14.6 Å². The molecule has 18 heteroatoms. The van der Waals surface area contributed by atoms with Crippen LogP contribution in [-0.2, 0) is 38.6 Å². The van der Waals surface area contributed by atoms with E-state index in [0.29, 0.717) is 76.7 Å².